The Balaban J connectivity index is 2.21. The van der Waals surface area contributed by atoms with Gasteiger partial charge < -0.3 is 0 Å². The monoisotopic (exact) mass is 376 g/mol. The molecule has 0 spiro atoms. The van der Waals surface area contributed by atoms with Gasteiger partial charge in [-0.15, -0.1) is 11.3 Å². The summed E-state index contributed by atoms with van der Waals surface area (Å²) in [6.45, 7) is 0. The minimum atomic E-state index is -5.01. The van der Waals surface area contributed by atoms with Gasteiger partial charge in [-0.1, -0.05) is 12.1 Å². The Labute approximate surface area is 142 Å². The van der Waals surface area contributed by atoms with E-state index >= 15 is 0 Å². The van der Waals surface area contributed by atoms with Crippen molar-refractivity contribution in [2.75, 3.05) is 0 Å². The second kappa shape index (κ2) is 7.51. The van der Waals surface area contributed by atoms with Crippen molar-refractivity contribution in [3.8, 4) is 0 Å². The molecule has 0 aliphatic rings. The van der Waals surface area contributed by atoms with Crippen LogP contribution in [0.3, 0.4) is 0 Å². The lowest BCUT2D eigenvalue weighted by molar-refractivity contribution is -0.0605. The van der Waals surface area contributed by atoms with E-state index in [0.29, 0.717) is 0 Å². The molecule has 1 N–H and O–H groups in total. The molecular weight excluding hydrogens is 367 g/mol. The molecule has 1 amide bonds. The van der Waals surface area contributed by atoms with E-state index in [2.05, 4.69) is 5.10 Å². The highest BCUT2D eigenvalue weighted by Gasteiger charge is 2.37. The average Bonchev–Trinajstić information content (AvgIpc) is 3.04. The zero-order valence-corrected chi connectivity index (χ0v) is 13.0. The Hall–Kier alpha value is -2.62. The molecular formula is C15H9F5N2O2S. The van der Waals surface area contributed by atoms with Crippen LogP contribution in [0.4, 0.5) is 22.0 Å². The number of hydrazone groups is 1. The number of halogens is 5. The van der Waals surface area contributed by atoms with Gasteiger partial charge >= 0.3 is 6.18 Å². The van der Waals surface area contributed by atoms with Gasteiger partial charge in [0.15, 0.2) is 5.78 Å². The molecule has 0 atom stereocenters. The third-order valence-electron chi connectivity index (χ3n) is 2.93. The lowest BCUT2D eigenvalue weighted by Gasteiger charge is -2.10. The first kappa shape index (κ1) is 18.7. The normalized spacial score (nSPS) is 12.1. The van der Waals surface area contributed by atoms with E-state index in [1.54, 1.807) is 0 Å². The summed E-state index contributed by atoms with van der Waals surface area (Å²) in [4.78, 5) is 23.6. The van der Waals surface area contributed by atoms with Gasteiger partial charge in [0.05, 0.1) is 11.3 Å². The molecule has 0 aliphatic carbocycles. The summed E-state index contributed by atoms with van der Waals surface area (Å²) in [5.74, 6) is -4.86. The standard InChI is InChI=1S/C15H9F5N2O2S/c16-8-3-1-4-9(17)13(8)14(24)22-21-12(15(18,19)20)7-10(23)11-5-2-6-25-11/h1-6H,7H2,(H,22,24)/b21-12+. The first-order valence-electron chi connectivity index (χ1n) is 6.65. The van der Waals surface area contributed by atoms with Crippen molar-refractivity contribution >= 4 is 28.7 Å². The Morgan fingerprint density at radius 2 is 1.72 bits per heavy atom. The van der Waals surface area contributed by atoms with Crippen LogP contribution in [-0.4, -0.2) is 23.6 Å². The number of carbonyl (C=O) groups excluding carboxylic acids is 2. The van der Waals surface area contributed by atoms with Crippen LogP contribution in [0.1, 0.15) is 26.5 Å². The van der Waals surface area contributed by atoms with E-state index in [-0.39, 0.29) is 4.88 Å². The van der Waals surface area contributed by atoms with Crippen LogP contribution >= 0.6 is 11.3 Å². The second-order valence-electron chi connectivity index (χ2n) is 4.67. The number of Topliss-reactive ketones (excluding diaryl/α,β-unsaturated/α-hetero) is 1. The third-order valence-corrected chi connectivity index (χ3v) is 3.84. The fraction of sp³-hybridized carbons (Fsp3) is 0.133. The summed E-state index contributed by atoms with van der Waals surface area (Å²) < 4.78 is 65.7. The zero-order valence-electron chi connectivity index (χ0n) is 12.2. The van der Waals surface area contributed by atoms with Gasteiger partial charge in [-0.25, -0.2) is 14.2 Å². The molecule has 0 fully saturated rings. The van der Waals surface area contributed by atoms with Crippen LogP contribution in [0.25, 0.3) is 0 Å². The van der Waals surface area contributed by atoms with Crippen LogP contribution in [0.5, 0.6) is 0 Å². The van der Waals surface area contributed by atoms with Crippen molar-refractivity contribution in [1.29, 1.82) is 0 Å². The summed E-state index contributed by atoms with van der Waals surface area (Å²) in [6, 6.07) is 5.37. The van der Waals surface area contributed by atoms with E-state index in [4.69, 9.17) is 0 Å². The molecule has 0 bridgehead atoms. The molecule has 25 heavy (non-hydrogen) atoms. The average molecular weight is 376 g/mol. The number of thiophene rings is 1. The number of ketones is 1. The molecule has 0 aliphatic heterocycles. The van der Waals surface area contributed by atoms with Gasteiger partial charge in [-0.05, 0) is 23.6 Å². The molecule has 0 saturated carbocycles. The van der Waals surface area contributed by atoms with Crippen molar-refractivity contribution in [3.63, 3.8) is 0 Å². The minimum absolute atomic E-state index is 0.0865. The number of benzene rings is 1. The lowest BCUT2D eigenvalue weighted by Crippen LogP contribution is -2.30. The van der Waals surface area contributed by atoms with Crippen LogP contribution < -0.4 is 5.43 Å². The van der Waals surface area contributed by atoms with Gasteiger partial charge in [-0.2, -0.15) is 18.3 Å². The number of nitrogens with zero attached hydrogens (tertiary/aromatic N) is 1. The van der Waals surface area contributed by atoms with E-state index in [9.17, 15) is 31.5 Å². The second-order valence-corrected chi connectivity index (χ2v) is 5.62. The summed E-state index contributed by atoms with van der Waals surface area (Å²) in [5, 5.41) is 4.36. The van der Waals surface area contributed by atoms with Crippen molar-refractivity contribution in [3.05, 3.63) is 57.8 Å². The summed E-state index contributed by atoms with van der Waals surface area (Å²) >= 11 is 0.950. The molecule has 2 aromatic rings. The lowest BCUT2D eigenvalue weighted by atomic mass is 10.1. The number of nitrogens with one attached hydrogen (secondary N) is 1. The zero-order chi connectivity index (χ0) is 18.6. The van der Waals surface area contributed by atoms with Crippen LogP contribution in [-0.2, 0) is 0 Å². The highest BCUT2D eigenvalue weighted by molar-refractivity contribution is 7.12. The molecule has 1 aromatic carbocycles. The number of alkyl halides is 3. The van der Waals surface area contributed by atoms with Crippen molar-refractivity contribution in [2.24, 2.45) is 5.10 Å². The Morgan fingerprint density at radius 3 is 2.24 bits per heavy atom. The first-order valence-corrected chi connectivity index (χ1v) is 7.53. The molecule has 132 valence electrons. The molecule has 0 unspecified atom stereocenters. The molecule has 4 nitrogen and oxygen atoms in total. The van der Waals surface area contributed by atoms with Crippen LogP contribution in [0.15, 0.2) is 40.8 Å². The number of rotatable bonds is 5. The van der Waals surface area contributed by atoms with Crippen molar-refractivity contribution < 1.29 is 31.5 Å². The first-order chi connectivity index (χ1) is 11.7. The number of amides is 1. The van der Waals surface area contributed by atoms with E-state index < -0.39 is 47.2 Å². The van der Waals surface area contributed by atoms with Gasteiger partial charge in [-0.3, -0.25) is 9.59 Å². The molecule has 0 saturated heterocycles. The van der Waals surface area contributed by atoms with Crippen LogP contribution in [0, 0.1) is 11.6 Å². The van der Waals surface area contributed by atoms with Gasteiger partial charge in [0.25, 0.3) is 5.91 Å². The Morgan fingerprint density at radius 1 is 1.08 bits per heavy atom. The predicted octanol–water partition coefficient (Wildman–Crippen LogP) is 3.95. The SMILES string of the molecule is O=C(C/C(=N\NC(=O)c1c(F)cccc1F)C(F)(F)F)c1cccs1. The van der Waals surface area contributed by atoms with Crippen LogP contribution in [0.2, 0.25) is 0 Å². The molecule has 1 aromatic heterocycles. The molecule has 0 radical (unpaired) electrons. The van der Waals surface area contributed by atoms with Gasteiger partial charge in [0.1, 0.15) is 22.9 Å². The minimum Gasteiger partial charge on any atom is -0.293 e. The maximum absolute atomic E-state index is 13.4. The topological polar surface area (TPSA) is 58.5 Å². The Bertz CT molecular complexity index is 796. The summed E-state index contributed by atoms with van der Waals surface area (Å²) in [5.41, 5.74) is -1.22. The van der Waals surface area contributed by atoms with E-state index in [0.717, 1.165) is 29.5 Å². The fourth-order valence-electron chi connectivity index (χ4n) is 1.77. The molecule has 2 rings (SSSR count). The predicted molar refractivity (Wildman–Crippen MR) is 80.6 cm³/mol. The fourth-order valence-corrected chi connectivity index (χ4v) is 2.43. The summed E-state index contributed by atoms with van der Waals surface area (Å²) in [7, 11) is 0. The van der Waals surface area contributed by atoms with Gasteiger partial charge in [0, 0.05) is 0 Å². The number of hydrogen-bond acceptors (Lipinski definition) is 4. The Kier molecular flexibility index (Phi) is 5.62. The summed E-state index contributed by atoms with van der Waals surface area (Å²) in [6.07, 6.45) is -6.13. The maximum atomic E-state index is 13.4. The van der Waals surface area contributed by atoms with Crippen molar-refractivity contribution in [2.45, 2.75) is 12.6 Å². The van der Waals surface area contributed by atoms with E-state index in [1.165, 1.54) is 22.9 Å². The van der Waals surface area contributed by atoms with Gasteiger partial charge in [0.2, 0.25) is 0 Å². The molecule has 10 heteroatoms. The third kappa shape index (κ3) is 4.69. The highest BCUT2D eigenvalue weighted by Crippen LogP contribution is 2.22. The smallest absolute Gasteiger partial charge is 0.293 e. The van der Waals surface area contributed by atoms with E-state index in [1.807, 2.05) is 0 Å². The quantitative estimate of drug-likeness (QED) is 0.372. The largest absolute Gasteiger partial charge is 0.431 e. The maximum Gasteiger partial charge on any atom is 0.431 e. The highest BCUT2D eigenvalue weighted by atomic mass is 32.1. The number of carbonyl (C=O) groups is 2. The van der Waals surface area contributed by atoms with Crippen molar-refractivity contribution in [1.82, 2.24) is 5.43 Å². The molecule has 1 heterocycles. The number of hydrogen-bond donors (Lipinski definition) is 1.